The van der Waals surface area contributed by atoms with Crippen LogP contribution in [0, 0.1) is 0 Å². The van der Waals surface area contributed by atoms with Crippen LogP contribution in [0.15, 0.2) is 12.1 Å². The molecule has 3 N–H and O–H groups in total. The first kappa shape index (κ1) is 12.7. The van der Waals surface area contributed by atoms with E-state index in [9.17, 15) is 4.79 Å². The van der Waals surface area contributed by atoms with Gasteiger partial charge in [0, 0.05) is 24.2 Å². The molecule has 3 heterocycles. The summed E-state index contributed by atoms with van der Waals surface area (Å²) in [5.41, 5.74) is 6.09. The molecule has 1 aromatic rings. The summed E-state index contributed by atoms with van der Waals surface area (Å²) in [5, 5.41) is 3.35. The number of hydrogen-bond donors (Lipinski definition) is 2. The largest absolute Gasteiger partial charge is 0.384 e. The van der Waals surface area contributed by atoms with Crippen molar-refractivity contribution in [1.82, 2.24) is 15.2 Å². The molecule has 2 fully saturated rings. The summed E-state index contributed by atoms with van der Waals surface area (Å²) in [6, 6.07) is 3.85. The average molecular weight is 281 g/mol. The Balaban J connectivity index is 1.71. The van der Waals surface area contributed by atoms with Crippen LogP contribution in [-0.2, 0) is 0 Å². The lowest BCUT2D eigenvalue weighted by Gasteiger charge is -2.21. The number of nitrogen functional groups attached to an aromatic ring is 1. The van der Waals surface area contributed by atoms with Crippen molar-refractivity contribution in [3.8, 4) is 0 Å². The molecule has 2 saturated heterocycles. The molecule has 2 atom stereocenters. The Hall–Kier alpha value is -1.33. The van der Waals surface area contributed by atoms with Crippen molar-refractivity contribution in [2.24, 2.45) is 0 Å². The van der Waals surface area contributed by atoms with Crippen LogP contribution in [0.25, 0.3) is 0 Å². The van der Waals surface area contributed by atoms with E-state index in [1.165, 1.54) is 12.8 Å². The summed E-state index contributed by atoms with van der Waals surface area (Å²) in [5.74, 6) is 0.154. The zero-order valence-electron chi connectivity index (χ0n) is 10.6. The fraction of sp³-hybridized carbons (Fsp3) is 0.538. The standard InChI is InChI=1S/C13H17ClN4O/c14-11-6-8(7-12(15)17-11)13(19)16-9-3-5-18-4-1-2-10(9)18/h6-7,9-10H,1-5H2,(H2,15,17)(H,16,19). The lowest BCUT2D eigenvalue weighted by Crippen LogP contribution is -2.42. The molecule has 2 unspecified atom stereocenters. The minimum absolute atomic E-state index is 0.116. The van der Waals surface area contributed by atoms with Crippen molar-refractivity contribution in [1.29, 1.82) is 0 Å². The SMILES string of the molecule is Nc1cc(C(=O)NC2CCN3CCCC23)cc(Cl)n1. The maximum atomic E-state index is 12.2. The van der Waals surface area contributed by atoms with E-state index in [0.717, 1.165) is 19.5 Å². The minimum Gasteiger partial charge on any atom is -0.384 e. The number of amides is 1. The molecule has 0 aromatic carbocycles. The van der Waals surface area contributed by atoms with Crippen molar-refractivity contribution >= 4 is 23.3 Å². The fourth-order valence-electron chi connectivity index (χ4n) is 3.15. The first-order valence-electron chi connectivity index (χ1n) is 6.61. The van der Waals surface area contributed by atoms with Crippen molar-refractivity contribution in [2.45, 2.75) is 31.3 Å². The van der Waals surface area contributed by atoms with Gasteiger partial charge in [0.1, 0.15) is 11.0 Å². The molecule has 3 rings (SSSR count). The highest BCUT2D eigenvalue weighted by Gasteiger charge is 2.37. The second-order valence-corrected chi connectivity index (χ2v) is 5.60. The second-order valence-electron chi connectivity index (χ2n) is 5.22. The molecule has 102 valence electrons. The van der Waals surface area contributed by atoms with Gasteiger partial charge in [-0.25, -0.2) is 4.98 Å². The number of fused-ring (bicyclic) bond motifs is 1. The Kier molecular flexibility index (Phi) is 3.33. The number of nitrogens with one attached hydrogen (secondary N) is 1. The maximum absolute atomic E-state index is 12.2. The van der Waals surface area contributed by atoms with E-state index in [0.29, 0.717) is 11.6 Å². The minimum atomic E-state index is -0.116. The fourth-order valence-corrected chi connectivity index (χ4v) is 3.37. The molecule has 0 saturated carbocycles. The second kappa shape index (κ2) is 4.98. The Labute approximate surface area is 117 Å². The van der Waals surface area contributed by atoms with Gasteiger partial charge in [-0.15, -0.1) is 0 Å². The highest BCUT2D eigenvalue weighted by molar-refractivity contribution is 6.29. The lowest BCUT2D eigenvalue weighted by atomic mass is 10.1. The highest BCUT2D eigenvalue weighted by atomic mass is 35.5. The Bertz CT molecular complexity index is 487. The molecule has 2 aliphatic heterocycles. The van der Waals surface area contributed by atoms with Crippen molar-refractivity contribution < 1.29 is 4.79 Å². The Morgan fingerprint density at radius 3 is 3.05 bits per heavy atom. The van der Waals surface area contributed by atoms with Crippen LogP contribution in [0.1, 0.15) is 29.6 Å². The number of aromatic nitrogens is 1. The van der Waals surface area contributed by atoms with Crippen LogP contribution in [0.4, 0.5) is 5.82 Å². The van der Waals surface area contributed by atoms with Gasteiger partial charge >= 0.3 is 0 Å². The number of halogens is 1. The number of carbonyl (C=O) groups excluding carboxylic acids is 1. The van der Waals surface area contributed by atoms with Crippen LogP contribution in [0.3, 0.4) is 0 Å². The first-order chi connectivity index (χ1) is 9.13. The van der Waals surface area contributed by atoms with Crippen molar-refractivity contribution in [3.05, 3.63) is 22.8 Å². The van der Waals surface area contributed by atoms with Gasteiger partial charge in [-0.2, -0.15) is 0 Å². The monoisotopic (exact) mass is 280 g/mol. The van der Waals surface area contributed by atoms with Gasteiger partial charge < -0.3 is 11.1 Å². The number of rotatable bonds is 2. The smallest absolute Gasteiger partial charge is 0.251 e. The Morgan fingerprint density at radius 1 is 1.42 bits per heavy atom. The predicted molar refractivity (Wildman–Crippen MR) is 74.1 cm³/mol. The van der Waals surface area contributed by atoms with E-state index in [1.807, 2.05) is 0 Å². The van der Waals surface area contributed by atoms with Crippen LogP contribution in [0.5, 0.6) is 0 Å². The normalized spacial score (nSPS) is 26.4. The molecule has 0 spiro atoms. The van der Waals surface area contributed by atoms with E-state index in [-0.39, 0.29) is 22.9 Å². The van der Waals surface area contributed by atoms with Crippen LogP contribution in [-0.4, -0.2) is 41.0 Å². The van der Waals surface area contributed by atoms with E-state index in [2.05, 4.69) is 15.2 Å². The molecule has 19 heavy (non-hydrogen) atoms. The summed E-state index contributed by atoms with van der Waals surface area (Å²) in [4.78, 5) is 18.5. The van der Waals surface area contributed by atoms with Crippen molar-refractivity contribution in [3.63, 3.8) is 0 Å². The lowest BCUT2D eigenvalue weighted by molar-refractivity contribution is 0.0929. The van der Waals surface area contributed by atoms with E-state index in [4.69, 9.17) is 17.3 Å². The molecular formula is C13H17ClN4O. The number of pyridine rings is 1. The molecule has 6 heteroatoms. The molecule has 0 bridgehead atoms. The van der Waals surface area contributed by atoms with Gasteiger partial charge in [-0.1, -0.05) is 11.6 Å². The summed E-state index contributed by atoms with van der Waals surface area (Å²) >= 11 is 5.82. The number of nitrogens with two attached hydrogens (primary N) is 1. The topological polar surface area (TPSA) is 71.2 Å². The number of anilines is 1. The third kappa shape index (κ3) is 2.53. The summed E-state index contributed by atoms with van der Waals surface area (Å²) in [6.07, 6.45) is 3.42. The third-order valence-corrected chi connectivity index (χ3v) is 4.19. The maximum Gasteiger partial charge on any atom is 0.251 e. The van der Waals surface area contributed by atoms with E-state index >= 15 is 0 Å². The van der Waals surface area contributed by atoms with Crippen LogP contribution in [0.2, 0.25) is 5.15 Å². The number of carbonyl (C=O) groups is 1. The quantitative estimate of drug-likeness (QED) is 0.801. The van der Waals surface area contributed by atoms with Gasteiger partial charge in [0.05, 0.1) is 0 Å². The molecular weight excluding hydrogens is 264 g/mol. The molecule has 0 radical (unpaired) electrons. The van der Waals surface area contributed by atoms with E-state index in [1.54, 1.807) is 12.1 Å². The van der Waals surface area contributed by atoms with Crippen molar-refractivity contribution in [2.75, 3.05) is 18.8 Å². The summed E-state index contributed by atoms with van der Waals surface area (Å²) < 4.78 is 0. The van der Waals surface area contributed by atoms with Gasteiger partial charge in [0.2, 0.25) is 0 Å². The predicted octanol–water partition coefficient (Wildman–Crippen LogP) is 1.28. The van der Waals surface area contributed by atoms with E-state index < -0.39 is 0 Å². The molecule has 5 nitrogen and oxygen atoms in total. The average Bonchev–Trinajstić information content (AvgIpc) is 2.92. The zero-order chi connectivity index (χ0) is 13.4. The first-order valence-corrected chi connectivity index (χ1v) is 6.99. The number of nitrogens with zero attached hydrogens (tertiary/aromatic N) is 2. The highest BCUT2D eigenvalue weighted by Crippen LogP contribution is 2.28. The molecule has 1 aromatic heterocycles. The molecule has 2 aliphatic rings. The summed E-state index contributed by atoms with van der Waals surface area (Å²) in [6.45, 7) is 2.24. The van der Waals surface area contributed by atoms with Gasteiger partial charge in [0.25, 0.3) is 5.91 Å². The summed E-state index contributed by atoms with van der Waals surface area (Å²) in [7, 11) is 0. The molecule has 0 aliphatic carbocycles. The van der Waals surface area contributed by atoms with Gasteiger partial charge in [0.15, 0.2) is 0 Å². The number of hydrogen-bond acceptors (Lipinski definition) is 4. The van der Waals surface area contributed by atoms with Crippen LogP contribution >= 0.6 is 11.6 Å². The van der Waals surface area contributed by atoms with Crippen LogP contribution < -0.4 is 11.1 Å². The molecule has 1 amide bonds. The third-order valence-electron chi connectivity index (χ3n) is 4.00. The van der Waals surface area contributed by atoms with Gasteiger partial charge in [-0.05, 0) is 37.9 Å². The van der Waals surface area contributed by atoms with Gasteiger partial charge in [-0.3, -0.25) is 9.69 Å². The zero-order valence-corrected chi connectivity index (χ0v) is 11.4. The Morgan fingerprint density at radius 2 is 2.26 bits per heavy atom.